The molecule has 0 amide bonds. The van der Waals surface area contributed by atoms with Crippen molar-refractivity contribution >= 4 is 0 Å². The van der Waals surface area contributed by atoms with Gasteiger partial charge in [0.15, 0.2) is 0 Å². The monoisotopic (exact) mass is 287 g/mol. The van der Waals surface area contributed by atoms with E-state index in [1.165, 1.54) is 5.56 Å². The molecule has 0 saturated heterocycles. The van der Waals surface area contributed by atoms with Gasteiger partial charge in [-0.1, -0.05) is 18.2 Å². The quantitative estimate of drug-likeness (QED) is 0.864. The third-order valence-corrected chi connectivity index (χ3v) is 3.81. The highest BCUT2D eigenvalue weighted by Crippen LogP contribution is 2.27. The van der Waals surface area contributed by atoms with E-state index in [2.05, 4.69) is 40.3 Å². The smallest absolute Gasteiger partial charge is 0.230 e. The molecule has 0 saturated carbocycles. The molecular formula is C16H21N3O2. The number of hydrogen-bond donors (Lipinski definition) is 0. The van der Waals surface area contributed by atoms with Crippen LogP contribution in [-0.4, -0.2) is 35.3 Å². The Bertz CT molecular complexity index is 597. The minimum atomic E-state index is 0.586. The van der Waals surface area contributed by atoms with E-state index in [9.17, 15) is 0 Å². The van der Waals surface area contributed by atoms with Crippen molar-refractivity contribution in [1.29, 1.82) is 0 Å². The number of fused-ring (bicyclic) bond motifs is 1. The van der Waals surface area contributed by atoms with Crippen molar-refractivity contribution in [1.82, 2.24) is 15.1 Å². The maximum Gasteiger partial charge on any atom is 0.230 e. The Balaban J connectivity index is 1.60. The van der Waals surface area contributed by atoms with E-state index in [0.29, 0.717) is 24.2 Å². The van der Waals surface area contributed by atoms with E-state index >= 15 is 0 Å². The van der Waals surface area contributed by atoms with Gasteiger partial charge in [0.2, 0.25) is 11.8 Å². The molecule has 2 heterocycles. The van der Waals surface area contributed by atoms with Gasteiger partial charge >= 0.3 is 0 Å². The number of ether oxygens (including phenoxy) is 1. The number of hydrogen-bond acceptors (Lipinski definition) is 5. The molecule has 1 aromatic heterocycles. The zero-order valence-electron chi connectivity index (χ0n) is 12.6. The molecule has 1 aliphatic rings. The molecule has 0 bridgehead atoms. The number of rotatable bonds is 4. The molecule has 21 heavy (non-hydrogen) atoms. The first kappa shape index (κ1) is 14.1. The molecule has 1 unspecified atom stereocenters. The van der Waals surface area contributed by atoms with Gasteiger partial charge in [0, 0.05) is 13.5 Å². The first-order valence-corrected chi connectivity index (χ1v) is 7.39. The summed E-state index contributed by atoms with van der Waals surface area (Å²) >= 11 is 0. The number of aryl methyl sites for hydroxylation is 1. The Morgan fingerprint density at radius 2 is 2.14 bits per heavy atom. The van der Waals surface area contributed by atoms with Crippen LogP contribution in [0.3, 0.4) is 0 Å². The summed E-state index contributed by atoms with van der Waals surface area (Å²) in [6, 6.07) is 8.33. The Kier molecular flexibility index (Phi) is 4.20. The normalized spacial score (nSPS) is 18.1. The summed E-state index contributed by atoms with van der Waals surface area (Å²) in [7, 11) is 2.09. The molecule has 2 aromatic rings. The molecule has 5 nitrogen and oxygen atoms in total. The van der Waals surface area contributed by atoms with Crippen LogP contribution < -0.4 is 4.74 Å². The van der Waals surface area contributed by atoms with Crippen LogP contribution in [0.4, 0.5) is 0 Å². The first-order valence-electron chi connectivity index (χ1n) is 7.39. The average molecular weight is 287 g/mol. The van der Waals surface area contributed by atoms with Gasteiger partial charge in [-0.05, 0) is 37.4 Å². The SMILES string of the molecule is Cc1nnc(CN(C)CC2CCOc3ccccc3C2)o1. The third kappa shape index (κ3) is 3.61. The number of nitrogens with zero attached hydrogens (tertiary/aromatic N) is 3. The van der Waals surface area contributed by atoms with Crippen LogP contribution in [0.1, 0.15) is 23.8 Å². The molecule has 1 aromatic carbocycles. The van der Waals surface area contributed by atoms with Crippen molar-refractivity contribution in [2.45, 2.75) is 26.3 Å². The Morgan fingerprint density at radius 3 is 2.95 bits per heavy atom. The van der Waals surface area contributed by atoms with Crippen molar-refractivity contribution in [3.05, 3.63) is 41.6 Å². The number of para-hydroxylation sites is 1. The third-order valence-electron chi connectivity index (χ3n) is 3.81. The first-order chi connectivity index (χ1) is 10.2. The second kappa shape index (κ2) is 6.26. The van der Waals surface area contributed by atoms with Gasteiger partial charge in [-0.2, -0.15) is 0 Å². The van der Waals surface area contributed by atoms with E-state index in [-0.39, 0.29) is 0 Å². The van der Waals surface area contributed by atoms with Crippen molar-refractivity contribution < 1.29 is 9.15 Å². The van der Waals surface area contributed by atoms with Gasteiger partial charge in [-0.3, -0.25) is 4.90 Å². The van der Waals surface area contributed by atoms with Gasteiger partial charge in [0.05, 0.1) is 13.2 Å². The molecule has 0 N–H and O–H groups in total. The molecular weight excluding hydrogens is 266 g/mol. The van der Waals surface area contributed by atoms with Gasteiger partial charge in [0.25, 0.3) is 0 Å². The van der Waals surface area contributed by atoms with Crippen LogP contribution in [0.5, 0.6) is 5.75 Å². The average Bonchev–Trinajstić information content (AvgIpc) is 2.74. The molecule has 0 radical (unpaired) electrons. The fraction of sp³-hybridized carbons (Fsp3) is 0.500. The Hall–Kier alpha value is -1.88. The summed E-state index contributed by atoms with van der Waals surface area (Å²) in [5.74, 6) is 2.92. The molecule has 1 atom stereocenters. The van der Waals surface area contributed by atoms with Crippen molar-refractivity contribution in [2.24, 2.45) is 5.92 Å². The summed E-state index contributed by atoms with van der Waals surface area (Å²) in [5.41, 5.74) is 1.31. The highest BCUT2D eigenvalue weighted by atomic mass is 16.5. The maximum absolute atomic E-state index is 5.82. The van der Waals surface area contributed by atoms with Crippen LogP contribution in [0, 0.1) is 12.8 Å². The summed E-state index contributed by atoms with van der Waals surface area (Å²) in [6.45, 7) is 4.30. The van der Waals surface area contributed by atoms with E-state index in [4.69, 9.17) is 9.15 Å². The zero-order valence-corrected chi connectivity index (χ0v) is 12.6. The van der Waals surface area contributed by atoms with Crippen LogP contribution in [-0.2, 0) is 13.0 Å². The Labute approximate surface area is 124 Å². The number of benzene rings is 1. The summed E-state index contributed by atoms with van der Waals surface area (Å²) in [5, 5.41) is 7.92. The van der Waals surface area contributed by atoms with E-state index < -0.39 is 0 Å². The highest BCUT2D eigenvalue weighted by Gasteiger charge is 2.19. The molecule has 0 fully saturated rings. The second-order valence-corrected chi connectivity index (χ2v) is 5.73. The largest absolute Gasteiger partial charge is 0.493 e. The van der Waals surface area contributed by atoms with E-state index in [1.807, 2.05) is 13.0 Å². The predicted molar refractivity (Wildman–Crippen MR) is 79.1 cm³/mol. The van der Waals surface area contributed by atoms with E-state index in [0.717, 1.165) is 31.7 Å². The summed E-state index contributed by atoms with van der Waals surface area (Å²) in [6.07, 6.45) is 2.13. The summed E-state index contributed by atoms with van der Waals surface area (Å²) < 4.78 is 11.3. The lowest BCUT2D eigenvalue weighted by Gasteiger charge is -2.21. The van der Waals surface area contributed by atoms with Crippen LogP contribution in [0.25, 0.3) is 0 Å². The van der Waals surface area contributed by atoms with Crippen LogP contribution >= 0.6 is 0 Å². The van der Waals surface area contributed by atoms with Gasteiger partial charge in [-0.15, -0.1) is 10.2 Å². The van der Waals surface area contributed by atoms with E-state index in [1.54, 1.807) is 0 Å². The molecule has 0 spiro atoms. The predicted octanol–water partition coefficient (Wildman–Crippen LogP) is 2.45. The van der Waals surface area contributed by atoms with Gasteiger partial charge < -0.3 is 9.15 Å². The summed E-state index contributed by atoms with van der Waals surface area (Å²) in [4.78, 5) is 2.24. The van der Waals surface area contributed by atoms with Crippen molar-refractivity contribution in [3.8, 4) is 5.75 Å². The zero-order chi connectivity index (χ0) is 14.7. The molecule has 5 heteroatoms. The lowest BCUT2D eigenvalue weighted by Crippen LogP contribution is -2.27. The lowest BCUT2D eigenvalue weighted by atomic mass is 9.96. The highest BCUT2D eigenvalue weighted by molar-refractivity contribution is 5.34. The maximum atomic E-state index is 5.82. The fourth-order valence-corrected chi connectivity index (χ4v) is 2.86. The molecule has 0 aliphatic carbocycles. The minimum Gasteiger partial charge on any atom is -0.493 e. The van der Waals surface area contributed by atoms with Crippen LogP contribution in [0.15, 0.2) is 28.7 Å². The van der Waals surface area contributed by atoms with Gasteiger partial charge in [-0.25, -0.2) is 0 Å². The fourth-order valence-electron chi connectivity index (χ4n) is 2.86. The van der Waals surface area contributed by atoms with Crippen molar-refractivity contribution in [3.63, 3.8) is 0 Å². The minimum absolute atomic E-state index is 0.586. The van der Waals surface area contributed by atoms with Crippen LogP contribution in [0.2, 0.25) is 0 Å². The standard InChI is InChI=1S/C16H21N3O2/c1-12-17-18-16(21-12)11-19(2)10-13-7-8-20-15-6-4-3-5-14(15)9-13/h3-6,13H,7-11H2,1-2H3. The van der Waals surface area contributed by atoms with Crippen molar-refractivity contribution in [2.75, 3.05) is 20.2 Å². The van der Waals surface area contributed by atoms with Gasteiger partial charge in [0.1, 0.15) is 5.75 Å². The molecule has 1 aliphatic heterocycles. The molecule has 112 valence electrons. The Morgan fingerprint density at radius 1 is 1.29 bits per heavy atom. The molecule has 3 rings (SSSR count). The lowest BCUT2D eigenvalue weighted by molar-refractivity contribution is 0.220. The topological polar surface area (TPSA) is 51.4 Å². The number of aromatic nitrogens is 2. The second-order valence-electron chi connectivity index (χ2n) is 5.73.